The number of aliphatic hydroxyl groups is 1. The van der Waals surface area contributed by atoms with Gasteiger partial charge in [-0.2, -0.15) is 4.98 Å². The Hall–Kier alpha value is -3.01. The maximum Gasteiger partial charge on any atom is 0.337 e. The summed E-state index contributed by atoms with van der Waals surface area (Å²) in [7, 11) is 0. The van der Waals surface area contributed by atoms with Gasteiger partial charge in [0.25, 0.3) is 5.89 Å². The molecule has 4 N–H and O–H groups in total. The molecule has 1 heterocycles. The van der Waals surface area contributed by atoms with Crippen LogP contribution in [0.3, 0.4) is 0 Å². The van der Waals surface area contributed by atoms with E-state index in [-0.39, 0.29) is 23.1 Å². The molecule has 0 radical (unpaired) electrons. The van der Waals surface area contributed by atoms with Crippen molar-refractivity contribution in [3.8, 4) is 11.5 Å². The van der Waals surface area contributed by atoms with Gasteiger partial charge in [0, 0.05) is 5.92 Å². The molecular weight excluding hydrogens is 347 g/mol. The molecule has 26 heavy (non-hydrogen) atoms. The van der Waals surface area contributed by atoms with Gasteiger partial charge in [0.05, 0.1) is 17.8 Å². The highest BCUT2D eigenvalue weighted by atomic mass is 19.1. The minimum atomic E-state index is -2.12. The molecule has 2 amide bonds. The lowest BCUT2D eigenvalue weighted by atomic mass is 10.1. The van der Waals surface area contributed by atoms with Crippen molar-refractivity contribution in [3.63, 3.8) is 0 Å². The number of anilines is 1. The summed E-state index contributed by atoms with van der Waals surface area (Å²) < 4.78 is 18.8. The van der Waals surface area contributed by atoms with Crippen LogP contribution >= 0.6 is 0 Å². The third-order valence-corrected chi connectivity index (χ3v) is 3.90. The van der Waals surface area contributed by atoms with Crippen LogP contribution in [0.25, 0.3) is 11.5 Å². The number of hydrogen-bond acceptors (Lipinski definition) is 6. The van der Waals surface area contributed by atoms with Crippen LogP contribution in [-0.4, -0.2) is 44.5 Å². The van der Waals surface area contributed by atoms with E-state index in [4.69, 9.17) is 9.63 Å². The highest BCUT2D eigenvalue weighted by Crippen LogP contribution is 2.39. The van der Waals surface area contributed by atoms with E-state index in [1.807, 2.05) is 0 Å². The Labute approximate surface area is 147 Å². The van der Waals surface area contributed by atoms with Crippen molar-refractivity contribution in [1.82, 2.24) is 15.5 Å². The first-order valence-electron chi connectivity index (χ1n) is 7.90. The molecule has 10 heteroatoms. The number of carboxylic acids is 1. The molecule has 2 aromatic rings. The SMILES string of the molecule is CC(O)(CNC(=O)Nc1ccc(F)cc1-c1nc(C2CC2)no1)C(=O)O. The number of aliphatic carboxylic acids is 1. The summed E-state index contributed by atoms with van der Waals surface area (Å²) in [6, 6.07) is 2.83. The minimum Gasteiger partial charge on any atom is -0.479 e. The van der Waals surface area contributed by atoms with Crippen LogP contribution in [0.2, 0.25) is 0 Å². The molecule has 0 spiro atoms. The van der Waals surface area contributed by atoms with Crippen molar-refractivity contribution in [3.05, 3.63) is 29.8 Å². The van der Waals surface area contributed by atoms with Gasteiger partial charge < -0.3 is 25.4 Å². The smallest absolute Gasteiger partial charge is 0.337 e. The van der Waals surface area contributed by atoms with Crippen molar-refractivity contribution < 1.29 is 28.7 Å². The van der Waals surface area contributed by atoms with Gasteiger partial charge in [-0.25, -0.2) is 14.0 Å². The van der Waals surface area contributed by atoms with Crippen LogP contribution < -0.4 is 10.6 Å². The summed E-state index contributed by atoms with van der Waals surface area (Å²) in [5, 5.41) is 27.0. The largest absolute Gasteiger partial charge is 0.479 e. The molecule has 1 aliphatic rings. The number of hydrogen-bond donors (Lipinski definition) is 4. The van der Waals surface area contributed by atoms with Crippen molar-refractivity contribution in [2.75, 3.05) is 11.9 Å². The topological polar surface area (TPSA) is 138 Å². The maximum absolute atomic E-state index is 13.6. The van der Waals surface area contributed by atoms with E-state index < -0.39 is 30.0 Å². The Morgan fingerprint density at radius 1 is 1.42 bits per heavy atom. The summed E-state index contributed by atoms with van der Waals surface area (Å²) in [5.41, 5.74) is -1.72. The number of nitrogens with zero attached hydrogens (tertiary/aromatic N) is 2. The predicted octanol–water partition coefficient (Wildman–Crippen LogP) is 1.71. The Kier molecular flexibility index (Phi) is 4.60. The monoisotopic (exact) mass is 364 g/mol. The maximum atomic E-state index is 13.6. The Bertz CT molecular complexity index is 847. The van der Waals surface area contributed by atoms with Gasteiger partial charge in [0.2, 0.25) is 0 Å². The molecule has 9 nitrogen and oxygen atoms in total. The molecule has 1 aromatic heterocycles. The normalized spacial score (nSPS) is 16.0. The van der Waals surface area contributed by atoms with E-state index in [0.29, 0.717) is 5.82 Å². The second-order valence-electron chi connectivity index (χ2n) is 6.31. The number of nitrogens with one attached hydrogen (secondary N) is 2. The molecular formula is C16H17FN4O5. The van der Waals surface area contributed by atoms with Gasteiger partial charge in [-0.05, 0) is 38.0 Å². The first-order valence-corrected chi connectivity index (χ1v) is 7.90. The molecule has 138 valence electrons. The summed E-state index contributed by atoms with van der Waals surface area (Å²) in [4.78, 5) is 27.1. The molecule has 0 bridgehead atoms. The van der Waals surface area contributed by atoms with Gasteiger partial charge in [0.15, 0.2) is 11.4 Å². The summed E-state index contributed by atoms with van der Waals surface area (Å²) in [6.45, 7) is 0.536. The van der Waals surface area contributed by atoms with Gasteiger partial charge in [-0.3, -0.25) is 0 Å². The quantitative estimate of drug-likeness (QED) is 0.612. The molecule has 1 fully saturated rings. The lowest BCUT2D eigenvalue weighted by Crippen LogP contribution is -2.47. The second kappa shape index (κ2) is 6.71. The van der Waals surface area contributed by atoms with Crippen molar-refractivity contribution in [1.29, 1.82) is 0 Å². The summed E-state index contributed by atoms with van der Waals surface area (Å²) in [5.74, 6) is -1.17. The van der Waals surface area contributed by atoms with E-state index in [9.17, 15) is 19.1 Å². The van der Waals surface area contributed by atoms with Crippen LogP contribution in [0.15, 0.2) is 22.7 Å². The van der Waals surface area contributed by atoms with Crippen molar-refractivity contribution in [2.45, 2.75) is 31.3 Å². The molecule has 3 rings (SSSR count). The van der Waals surface area contributed by atoms with E-state index in [0.717, 1.165) is 31.9 Å². The number of rotatable bonds is 6. The zero-order valence-electron chi connectivity index (χ0n) is 13.8. The third-order valence-electron chi connectivity index (χ3n) is 3.90. The zero-order chi connectivity index (χ0) is 18.9. The number of carbonyl (C=O) groups is 2. The van der Waals surface area contributed by atoms with Gasteiger partial charge in [-0.1, -0.05) is 5.16 Å². The van der Waals surface area contributed by atoms with Gasteiger partial charge in [-0.15, -0.1) is 0 Å². The van der Waals surface area contributed by atoms with Crippen molar-refractivity contribution in [2.24, 2.45) is 0 Å². The van der Waals surface area contributed by atoms with Crippen LogP contribution in [0.1, 0.15) is 31.5 Å². The summed E-state index contributed by atoms with van der Waals surface area (Å²) >= 11 is 0. The summed E-state index contributed by atoms with van der Waals surface area (Å²) in [6.07, 6.45) is 1.94. The van der Waals surface area contributed by atoms with E-state index >= 15 is 0 Å². The number of aromatic nitrogens is 2. The fourth-order valence-electron chi connectivity index (χ4n) is 2.15. The number of urea groups is 1. The highest BCUT2D eigenvalue weighted by Gasteiger charge is 2.31. The van der Waals surface area contributed by atoms with Crippen LogP contribution in [-0.2, 0) is 4.79 Å². The fraction of sp³-hybridized carbons (Fsp3) is 0.375. The third kappa shape index (κ3) is 3.97. The van der Waals surface area contributed by atoms with Crippen LogP contribution in [0.4, 0.5) is 14.9 Å². The second-order valence-corrected chi connectivity index (χ2v) is 6.31. The Balaban J connectivity index is 1.75. The molecule has 1 saturated carbocycles. The average Bonchev–Trinajstić information content (AvgIpc) is 3.32. The number of benzene rings is 1. The number of halogens is 1. The first-order chi connectivity index (χ1) is 12.3. The first kappa shape index (κ1) is 17.8. The van der Waals surface area contributed by atoms with Gasteiger partial charge >= 0.3 is 12.0 Å². The molecule has 0 aliphatic heterocycles. The number of carboxylic acid groups (broad SMARTS) is 1. The zero-order valence-corrected chi connectivity index (χ0v) is 13.8. The lowest BCUT2D eigenvalue weighted by Gasteiger charge is -2.18. The Morgan fingerprint density at radius 3 is 2.81 bits per heavy atom. The Morgan fingerprint density at radius 2 is 2.15 bits per heavy atom. The van der Waals surface area contributed by atoms with E-state index in [2.05, 4.69) is 20.8 Å². The minimum absolute atomic E-state index is 0.0687. The number of amides is 2. The molecule has 1 aliphatic carbocycles. The highest BCUT2D eigenvalue weighted by molar-refractivity contribution is 5.93. The fourth-order valence-corrected chi connectivity index (χ4v) is 2.15. The van der Waals surface area contributed by atoms with E-state index in [1.165, 1.54) is 6.07 Å². The standard InChI is InChI=1S/C16H17FN4O5/c1-16(25,14(22)23)7-18-15(24)19-11-5-4-9(17)6-10(11)13-20-12(21-26-13)8-2-3-8/h4-6,8,25H,2-3,7H2,1H3,(H,22,23)(H2,18,19,24). The van der Waals surface area contributed by atoms with Crippen LogP contribution in [0, 0.1) is 5.82 Å². The molecule has 1 unspecified atom stereocenters. The predicted molar refractivity (Wildman–Crippen MR) is 86.9 cm³/mol. The number of carbonyl (C=O) groups excluding carboxylic acids is 1. The average molecular weight is 364 g/mol. The van der Waals surface area contributed by atoms with Crippen molar-refractivity contribution >= 4 is 17.7 Å². The molecule has 1 atom stereocenters. The van der Waals surface area contributed by atoms with E-state index in [1.54, 1.807) is 0 Å². The van der Waals surface area contributed by atoms with Gasteiger partial charge in [0.1, 0.15) is 5.82 Å². The molecule has 1 aromatic carbocycles. The van der Waals surface area contributed by atoms with Crippen LogP contribution in [0.5, 0.6) is 0 Å². The molecule has 0 saturated heterocycles. The lowest BCUT2D eigenvalue weighted by molar-refractivity contribution is -0.155.